The molecule has 1 aromatic carbocycles. The van der Waals surface area contributed by atoms with Crippen molar-refractivity contribution in [1.82, 2.24) is 0 Å². The number of thioether (sulfide) groups is 1. The molecule has 1 aliphatic rings. The summed E-state index contributed by atoms with van der Waals surface area (Å²) >= 11 is 1.35. The lowest BCUT2D eigenvalue weighted by Crippen LogP contribution is -2.28. The standard InChI is InChI=1S/C14H17NO3S/c16-13(17)9-19-8-10-3-1-6-12(7-10)15-14(18)11-4-2-5-11/h1,3,6-7,11H,2,4-5,8-9H2,(H,15,18)(H,16,17). The van der Waals surface area contributed by atoms with E-state index in [2.05, 4.69) is 5.32 Å². The van der Waals surface area contributed by atoms with E-state index in [4.69, 9.17) is 5.11 Å². The smallest absolute Gasteiger partial charge is 0.313 e. The number of carboxylic acids is 1. The van der Waals surface area contributed by atoms with Crippen LogP contribution in [0.2, 0.25) is 0 Å². The topological polar surface area (TPSA) is 66.4 Å². The van der Waals surface area contributed by atoms with Gasteiger partial charge in [0.2, 0.25) is 5.91 Å². The van der Waals surface area contributed by atoms with Gasteiger partial charge in [-0.2, -0.15) is 0 Å². The zero-order valence-electron chi connectivity index (χ0n) is 10.6. The summed E-state index contributed by atoms with van der Waals surface area (Å²) in [6.07, 6.45) is 3.12. The number of amides is 1. The molecule has 1 amide bonds. The van der Waals surface area contributed by atoms with E-state index in [-0.39, 0.29) is 17.6 Å². The summed E-state index contributed by atoms with van der Waals surface area (Å²) in [6, 6.07) is 7.59. The lowest BCUT2D eigenvalue weighted by atomic mass is 9.85. The molecule has 0 radical (unpaired) electrons. The Kier molecular flexibility index (Phi) is 4.85. The molecule has 4 nitrogen and oxygen atoms in total. The van der Waals surface area contributed by atoms with Crippen molar-refractivity contribution < 1.29 is 14.7 Å². The third-order valence-corrected chi connectivity index (χ3v) is 4.15. The van der Waals surface area contributed by atoms with E-state index in [0.29, 0.717) is 5.75 Å². The molecule has 2 N–H and O–H groups in total. The molecule has 102 valence electrons. The van der Waals surface area contributed by atoms with Crippen LogP contribution in [0.5, 0.6) is 0 Å². The second-order valence-electron chi connectivity index (χ2n) is 4.70. The number of hydrogen-bond donors (Lipinski definition) is 2. The molecular weight excluding hydrogens is 262 g/mol. The Labute approximate surface area is 116 Å². The van der Waals surface area contributed by atoms with Gasteiger partial charge in [-0.25, -0.2) is 0 Å². The van der Waals surface area contributed by atoms with Crippen LogP contribution in [0.1, 0.15) is 24.8 Å². The molecule has 0 aromatic heterocycles. The van der Waals surface area contributed by atoms with E-state index >= 15 is 0 Å². The molecule has 0 heterocycles. The fourth-order valence-electron chi connectivity index (χ4n) is 1.91. The second-order valence-corrected chi connectivity index (χ2v) is 5.69. The number of carbonyl (C=O) groups is 2. The van der Waals surface area contributed by atoms with Gasteiger partial charge in [0.15, 0.2) is 0 Å². The van der Waals surface area contributed by atoms with Crippen LogP contribution >= 0.6 is 11.8 Å². The molecule has 0 bridgehead atoms. The number of carbonyl (C=O) groups excluding carboxylic acids is 1. The average molecular weight is 279 g/mol. The Hall–Kier alpha value is -1.49. The van der Waals surface area contributed by atoms with Gasteiger partial charge in [-0.1, -0.05) is 18.6 Å². The lowest BCUT2D eigenvalue weighted by Gasteiger charge is -2.24. The highest BCUT2D eigenvalue weighted by molar-refractivity contribution is 7.99. The van der Waals surface area contributed by atoms with Crippen LogP contribution in [-0.2, 0) is 15.3 Å². The first-order valence-corrected chi connectivity index (χ1v) is 7.50. The number of anilines is 1. The molecule has 1 saturated carbocycles. The van der Waals surface area contributed by atoms with E-state index in [1.165, 1.54) is 11.8 Å². The summed E-state index contributed by atoms with van der Waals surface area (Å²) < 4.78 is 0. The average Bonchev–Trinajstić information content (AvgIpc) is 2.26. The number of benzene rings is 1. The van der Waals surface area contributed by atoms with Crippen molar-refractivity contribution in [2.24, 2.45) is 5.92 Å². The van der Waals surface area contributed by atoms with Crippen LogP contribution in [0.3, 0.4) is 0 Å². The van der Waals surface area contributed by atoms with Crippen LogP contribution in [-0.4, -0.2) is 22.7 Å². The maximum absolute atomic E-state index is 11.8. The van der Waals surface area contributed by atoms with Crippen LogP contribution < -0.4 is 5.32 Å². The molecule has 0 aliphatic heterocycles. The summed E-state index contributed by atoms with van der Waals surface area (Å²) in [7, 11) is 0. The van der Waals surface area contributed by atoms with Crippen LogP contribution in [0.25, 0.3) is 0 Å². The fourth-order valence-corrected chi connectivity index (χ4v) is 2.60. The molecule has 0 saturated heterocycles. The lowest BCUT2D eigenvalue weighted by molar-refractivity contribution is -0.134. The summed E-state index contributed by atoms with van der Waals surface area (Å²) in [5, 5.41) is 11.5. The first-order chi connectivity index (χ1) is 9.15. The van der Waals surface area contributed by atoms with Crippen molar-refractivity contribution in [3.8, 4) is 0 Å². The third kappa shape index (κ3) is 4.28. The van der Waals surface area contributed by atoms with E-state index in [0.717, 1.165) is 30.5 Å². The number of nitrogens with one attached hydrogen (secondary N) is 1. The Morgan fingerprint density at radius 1 is 1.37 bits per heavy atom. The Morgan fingerprint density at radius 2 is 2.16 bits per heavy atom. The van der Waals surface area contributed by atoms with Crippen LogP contribution in [0.15, 0.2) is 24.3 Å². The van der Waals surface area contributed by atoms with Gasteiger partial charge in [-0.15, -0.1) is 11.8 Å². The van der Waals surface area contributed by atoms with Crippen molar-refractivity contribution >= 4 is 29.3 Å². The van der Waals surface area contributed by atoms with Gasteiger partial charge in [0, 0.05) is 17.4 Å². The maximum atomic E-state index is 11.8. The van der Waals surface area contributed by atoms with E-state index in [9.17, 15) is 9.59 Å². The molecular formula is C14H17NO3S. The molecule has 0 spiro atoms. The number of aliphatic carboxylic acids is 1. The van der Waals surface area contributed by atoms with Gasteiger partial charge in [-0.05, 0) is 30.5 Å². The minimum absolute atomic E-state index is 0.0959. The predicted octanol–water partition coefficient (Wildman–Crippen LogP) is 2.74. The van der Waals surface area contributed by atoms with Gasteiger partial charge < -0.3 is 10.4 Å². The maximum Gasteiger partial charge on any atom is 0.313 e. The van der Waals surface area contributed by atoms with Crippen molar-refractivity contribution in [2.75, 3.05) is 11.1 Å². The Morgan fingerprint density at radius 3 is 2.79 bits per heavy atom. The van der Waals surface area contributed by atoms with E-state index in [1.54, 1.807) is 0 Å². The van der Waals surface area contributed by atoms with Crippen molar-refractivity contribution in [1.29, 1.82) is 0 Å². The quantitative estimate of drug-likeness (QED) is 0.840. The minimum Gasteiger partial charge on any atom is -0.481 e. The molecule has 0 unspecified atom stereocenters. The third-order valence-electron chi connectivity index (χ3n) is 3.16. The van der Waals surface area contributed by atoms with E-state index in [1.807, 2.05) is 24.3 Å². The van der Waals surface area contributed by atoms with Gasteiger partial charge in [0.25, 0.3) is 0 Å². The summed E-state index contributed by atoms with van der Waals surface area (Å²) in [4.78, 5) is 22.3. The van der Waals surface area contributed by atoms with E-state index < -0.39 is 5.97 Å². The molecule has 1 aromatic rings. The van der Waals surface area contributed by atoms with Gasteiger partial charge in [0.1, 0.15) is 0 Å². The zero-order valence-corrected chi connectivity index (χ0v) is 11.4. The van der Waals surface area contributed by atoms with Gasteiger partial charge in [0.05, 0.1) is 5.75 Å². The first kappa shape index (κ1) is 13.9. The van der Waals surface area contributed by atoms with Crippen molar-refractivity contribution in [3.05, 3.63) is 29.8 Å². The summed E-state index contributed by atoms with van der Waals surface area (Å²) in [6.45, 7) is 0. The van der Waals surface area contributed by atoms with Crippen molar-refractivity contribution in [3.63, 3.8) is 0 Å². The monoisotopic (exact) mass is 279 g/mol. The minimum atomic E-state index is -0.806. The molecule has 0 atom stereocenters. The number of hydrogen-bond acceptors (Lipinski definition) is 3. The predicted molar refractivity (Wildman–Crippen MR) is 76.2 cm³/mol. The molecule has 5 heteroatoms. The van der Waals surface area contributed by atoms with Crippen LogP contribution in [0.4, 0.5) is 5.69 Å². The highest BCUT2D eigenvalue weighted by atomic mass is 32.2. The number of rotatable bonds is 6. The fraction of sp³-hybridized carbons (Fsp3) is 0.429. The normalized spacial score (nSPS) is 14.7. The second kappa shape index (κ2) is 6.61. The highest BCUT2D eigenvalue weighted by Gasteiger charge is 2.25. The summed E-state index contributed by atoms with van der Waals surface area (Å²) in [5.74, 6) is 0.198. The van der Waals surface area contributed by atoms with Gasteiger partial charge in [-0.3, -0.25) is 9.59 Å². The largest absolute Gasteiger partial charge is 0.481 e. The first-order valence-electron chi connectivity index (χ1n) is 6.34. The zero-order chi connectivity index (χ0) is 13.7. The summed E-state index contributed by atoms with van der Waals surface area (Å²) in [5.41, 5.74) is 1.82. The van der Waals surface area contributed by atoms with Gasteiger partial charge >= 0.3 is 5.97 Å². The van der Waals surface area contributed by atoms with Crippen LogP contribution in [0, 0.1) is 5.92 Å². The van der Waals surface area contributed by atoms with Crippen molar-refractivity contribution in [2.45, 2.75) is 25.0 Å². The molecule has 1 aliphatic carbocycles. The molecule has 1 fully saturated rings. The molecule has 19 heavy (non-hydrogen) atoms. The Bertz CT molecular complexity index is 472. The highest BCUT2D eigenvalue weighted by Crippen LogP contribution is 2.27. The molecule has 2 rings (SSSR count). The number of carboxylic acid groups (broad SMARTS) is 1. The SMILES string of the molecule is O=C(O)CSCc1cccc(NC(=O)C2CCC2)c1. The Balaban J connectivity index is 1.87.